The van der Waals surface area contributed by atoms with Gasteiger partial charge in [-0.05, 0) is 69.4 Å². The highest BCUT2D eigenvalue weighted by Crippen LogP contribution is 2.60. The largest absolute Gasteiger partial charge is 0.469 e. The molecule has 0 amide bonds. The Balaban J connectivity index is 1.68. The molecule has 18 heavy (non-hydrogen) atoms. The summed E-state index contributed by atoms with van der Waals surface area (Å²) < 4.78 is 5.57. The van der Waals surface area contributed by atoms with Crippen molar-refractivity contribution < 1.29 is 4.42 Å². The lowest BCUT2D eigenvalue weighted by atomic mass is 9.78. The van der Waals surface area contributed by atoms with Gasteiger partial charge < -0.3 is 9.73 Å². The molecule has 1 aromatic heterocycles. The summed E-state index contributed by atoms with van der Waals surface area (Å²) in [5.74, 6) is 3.19. The molecule has 2 nitrogen and oxygen atoms in total. The highest BCUT2D eigenvalue weighted by atomic mass is 16.3. The highest BCUT2D eigenvalue weighted by Gasteiger charge is 2.53. The molecule has 0 aromatic carbocycles. The van der Waals surface area contributed by atoms with Crippen LogP contribution in [0, 0.1) is 17.3 Å². The molecule has 1 heterocycles. The summed E-state index contributed by atoms with van der Waals surface area (Å²) in [5.41, 5.74) is 0.654. The first kappa shape index (κ1) is 12.3. The van der Waals surface area contributed by atoms with Gasteiger partial charge in [0.1, 0.15) is 5.76 Å². The van der Waals surface area contributed by atoms with Gasteiger partial charge in [0.25, 0.3) is 0 Å². The fraction of sp³-hybridized carbons (Fsp3) is 0.750. The summed E-state index contributed by atoms with van der Waals surface area (Å²) in [7, 11) is 0. The molecule has 2 atom stereocenters. The second-order valence-corrected chi connectivity index (χ2v) is 7.52. The second-order valence-electron chi connectivity index (χ2n) is 7.52. The van der Waals surface area contributed by atoms with E-state index in [0.717, 1.165) is 30.6 Å². The number of nitrogens with one attached hydrogen (secondary N) is 1. The van der Waals surface area contributed by atoms with Crippen molar-refractivity contribution in [3.05, 3.63) is 24.2 Å². The van der Waals surface area contributed by atoms with Crippen molar-refractivity contribution in [2.75, 3.05) is 6.54 Å². The Kier molecular flexibility index (Phi) is 2.81. The number of fused-ring (bicyclic) bond motifs is 1. The van der Waals surface area contributed by atoms with E-state index in [9.17, 15) is 0 Å². The lowest BCUT2D eigenvalue weighted by Crippen LogP contribution is -2.44. The molecule has 0 spiro atoms. The maximum absolute atomic E-state index is 5.57. The molecule has 2 aliphatic carbocycles. The van der Waals surface area contributed by atoms with Gasteiger partial charge >= 0.3 is 0 Å². The zero-order chi connectivity index (χ0) is 12.8. The minimum Gasteiger partial charge on any atom is -0.469 e. The van der Waals surface area contributed by atoms with Crippen LogP contribution in [0.25, 0.3) is 0 Å². The van der Waals surface area contributed by atoms with Gasteiger partial charge in [-0.2, -0.15) is 0 Å². The van der Waals surface area contributed by atoms with Gasteiger partial charge in [-0.15, -0.1) is 0 Å². The third kappa shape index (κ3) is 2.64. The van der Waals surface area contributed by atoms with Crippen molar-refractivity contribution in [3.63, 3.8) is 0 Å². The zero-order valence-corrected chi connectivity index (χ0v) is 11.8. The molecule has 0 aliphatic heterocycles. The molecule has 1 N–H and O–H groups in total. The van der Waals surface area contributed by atoms with Gasteiger partial charge in [-0.3, -0.25) is 0 Å². The normalized spacial score (nSPS) is 34.6. The van der Waals surface area contributed by atoms with Crippen molar-refractivity contribution >= 4 is 0 Å². The van der Waals surface area contributed by atoms with Gasteiger partial charge in [0, 0.05) is 18.5 Å². The minimum absolute atomic E-state index is 0.211. The van der Waals surface area contributed by atoms with Crippen molar-refractivity contribution in [3.8, 4) is 0 Å². The van der Waals surface area contributed by atoms with E-state index in [1.807, 2.05) is 6.07 Å². The van der Waals surface area contributed by atoms with Crippen LogP contribution in [0.2, 0.25) is 0 Å². The standard InChI is InChI=1S/C16H25NO/c1-15(2,3)17-11-16(8-12-7-13(12)9-16)10-14-5-4-6-18-14/h4-6,12-13,17H,7-11H2,1-3H3. The summed E-state index contributed by atoms with van der Waals surface area (Å²) in [6.07, 6.45) is 7.17. The SMILES string of the molecule is CC(C)(C)NCC1(Cc2ccco2)CC2CC2C1. The molecule has 2 aliphatic rings. The molecule has 2 fully saturated rings. The average Bonchev–Trinajstić information content (AvgIpc) is 2.73. The van der Waals surface area contributed by atoms with E-state index in [1.54, 1.807) is 6.26 Å². The van der Waals surface area contributed by atoms with Crippen molar-refractivity contribution in [2.45, 2.75) is 52.0 Å². The summed E-state index contributed by atoms with van der Waals surface area (Å²) >= 11 is 0. The first-order valence-corrected chi connectivity index (χ1v) is 7.23. The van der Waals surface area contributed by atoms with Gasteiger partial charge in [0.05, 0.1) is 6.26 Å². The van der Waals surface area contributed by atoms with Gasteiger partial charge in [-0.25, -0.2) is 0 Å². The number of hydrogen-bond acceptors (Lipinski definition) is 2. The number of hydrogen-bond donors (Lipinski definition) is 1. The zero-order valence-electron chi connectivity index (χ0n) is 11.8. The third-order valence-electron chi connectivity index (χ3n) is 4.58. The van der Waals surface area contributed by atoms with Crippen LogP contribution in [0.5, 0.6) is 0 Å². The maximum atomic E-state index is 5.57. The van der Waals surface area contributed by atoms with Crippen molar-refractivity contribution in [1.82, 2.24) is 5.32 Å². The Morgan fingerprint density at radius 2 is 2.06 bits per heavy atom. The van der Waals surface area contributed by atoms with Gasteiger partial charge in [-0.1, -0.05) is 0 Å². The van der Waals surface area contributed by atoms with E-state index in [4.69, 9.17) is 4.42 Å². The van der Waals surface area contributed by atoms with E-state index in [2.05, 4.69) is 32.2 Å². The predicted octanol–water partition coefficient (Wildman–Crippen LogP) is 3.63. The fourth-order valence-corrected chi connectivity index (χ4v) is 3.59. The summed E-state index contributed by atoms with van der Waals surface area (Å²) in [4.78, 5) is 0. The van der Waals surface area contributed by atoms with Crippen LogP contribution in [-0.4, -0.2) is 12.1 Å². The smallest absolute Gasteiger partial charge is 0.104 e. The molecule has 2 unspecified atom stereocenters. The molecule has 0 saturated heterocycles. The molecule has 2 saturated carbocycles. The Labute approximate surface area is 110 Å². The Morgan fingerprint density at radius 3 is 2.61 bits per heavy atom. The summed E-state index contributed by atoms with van der Waals surface area (Å²) in [6.45, 7) is 7.89. The average molecular weight is 247 g/mol. The van der Waals surface area contributed by atoms with Gasteiger partial charge in [0.15, 0.2) is 0 Å². The molecular weight excluding hydrogens is 222 g/mol. The van der Waals surface area contributed by atoms with Crippen LogP contribution in [-0.2, 0) is 6.42 Å². The number of rotatable bonds is 4. The van der Waals surface area contributed by atoms with E-state index in [1.165, 1.54) is 19.3 Å². The highest BCUT2D eigenvalue weighted by molar-refractivity contribution is 5.10. The number of furan rings is 1. The Bertz CT molecular complexity index is 391. The van der Waals surface area contributed by atoms with E-state index in [-0.39, 0.29) is 5.54 Å². The van der Waals surface area contributed by atoms with Crippen LogP contribution in [0.3, 0.4) is 0 Å². The van der Waals surface area contributed by atoms with Crippen LogP contribution in [0.15, 0.2) is 22.8 Å². The monoisotopic (exact) mass is 247 g/mol. The maximum Gasteiger partial charge on any atom is 0.104 e. The van der Waals surface area contributed by atoms with E-state index >= 15 is 0 Å². The Morgan fingerprint density at radius 1 is 1.33 bits per heavy atom. The lowest BCUT2D eigenvalue weighted by Gasteiger charge is -2.34. The van der Waals surface area contributed by atoms with Crippen molar-refractivity contribution in [1.29, 1.82) is 0 Å². The Hall–Kier alpha value is -0.760. The fourth-order valence-electron chi connectivity index (χ4n) is 3.59. The quantitative estimate of drug-likeness (QED) is 0.879. The lowest BCUT2D eigenvalue weighted by molar-refractivity contribution is 0.210. The van der Waals surface area contributed by atoms with Crippen LogP contribution < -0.4 is 5.32 Å². The molecule has 2 heteroatoms. The summed E-state index contributed by atoms with van der Waals surface area (Å²) in [6, 6.07) is 4.14. The molecule has 3 rings (SSSR count). The predicted molar refractivity (Wildman–Crippen MR) is 73.4 cm³/mol. The summed E-state index contributed by atoms with van der Waals surface area (Å²) in [5, 5.41) is 3.72. The first-order valence-electron chi connectivity index (χ1n) is 7.23. The van der Waals surface area contributed by atoms with Gasteiger partial charge in [0.2, 0.25) is 0 Å². The first-order chi connectivity index (χ1) is 8.46. The van der Waals surface area contributed by atoms with E-state index in [0.29, 0.717) is 5.41 Å². The molecule has 100 valence electrons. The molecule has 0 radical (unpaired) electrons. The topological polar surface area (TPSA) is 25.2 Å². The van der Waals surface area contributed by atoms with Crippen LogP contribution >= 0.6 is 0 Å². The van der Waals surface area contributed by atoms with E-state index < -0.39 is 0 Å². The molecular formula is C16H25NO. The molecule has 1 aromatic rings. The minimum atomic E-state index is 0.211. The van der Waals surface area contributed by atoms with Crippen LogP contribution in [0.1, 0.15) is 45.8 Å². The molecule has 0 bridgehead atoms. The van der Waals surface area contributed by atoms with Crippen LogP contribution in [0.4, 0.5) is 0 Å². The van der Waals surface area contributed by atoms with Crippen molar-refractivity contribution in [2.24, 2.45) is 17.3 Å². The third-order valence-corrected chi connectivity index (χ3v) is 4.58. The second kappa shape index (κ2) is 4.12.